The molecule has 27 heavy (non-hydrogen) atoms. The van der Waals surface area contributed by atoms with Crippen molar-refractivity contribution < 1.29 is 22.7 Å². The Morgan fingerprint density at radius 3 is 2.67 bits per heavy atom. The van der Waals surface area contributed by atoms with Crippen LogP contribution in [-0.4, -0.2) is 35.0 Å². The number of alkyl halides is 3. The lowest BCUT2D eigenvalue weighted by molar-refractivity contribution is -0.137. The molecule has 0 aliphatic carbocycles. The Kier molecular flexibility index (Phi) is 6.33. The van der Waals surface area contributed by atoms with E-state index in [1.165, 1.54) is 12.5 Å². The molecule has 2 N–H and O–H groups in total. The average molecular weight is 384 g/mol. The van der Waals surface area contributed by atoms with Gasteiger partial charge in [0.05, 0.1) is 12.1 Å². The van der Waals surface area contributed by atoms with Crippen LogP contribution >= 0.6 is 0 Å². The maximum absolute atomic E-state index is 12.9. The molecule has 0 amide bonds. The second-order valence-corrected chi connectivity index (χ2v) is 6.60. The van der Waals surface area contributed by atoms with Crippen molar-refractivity contribution in [2.75, 3.05) is 24.6 Å². The molecule has 0 saturated carbocycles. The molecule has 6 nitrogen and oxygen atoms in total. The van der Waals surface area contributed by atoms with Crippen molar-refractivity contribution in [1.29, 1.82) is 0 Å². The maximum Gasteiger partial charge on any atom is 0.416 e. The third-order valence-corrected chi connectivity index (χ3v) is 4.62. The molecule has 1 fully saturated rings. The van der Waals surface area contributed by atoms with Gasteiger partial charge in [0.2, 0.25) is 5.89 Å². The molecule has 148 valence electrons. The van der Waals surface area contributed by atoms with Crippen molar-refractivity contribution >= 4 is 6.01 Å². The molecule has 0 spiro atoms. The Hall–Kier alpha value is -2.13. The van der Waals surface area contributed by atoms with Gasteiger partial charge in [-0.05, 0) is 43.4 Å². The highest BCUT2D eigenvalue weighted by Crippen LogP contribution is 2.31. The van der Waals surface area contributed by atoms with Crippen LogP contribution in [0.4, 0.5) is 19.2 Å². The van der Waals surface area contributed by atoms with Gasteiger partial charge in [-0.25, -0.2) is 0 Å². The van der Waals surface area contributed by atoms with Crippen LogP contribution in [0.25, 0.3) is 0 Å². The van der Waals surface area contributed by atoms with E-state index in [-0.39, 0.29) is 19.6 Å². The number of rotatable bonds is 7. The highest BCUT2D eigenvalue weighted by Gasteiger charge is 2.31. The molecule has 1 aliphatic rings. The lowest BCUT2D eigenvalue weighted by Gasteiger charge is -2.24. The van der Waals surface area contributed by atoms with Crippen molar-refractivity contribution in [3.63, 3.8) is 0 Å². The molecular formula is C18H23F3N4O2. The number of nitrogens with zero attached hydrogens (tertiary/aromatic N) is 3. The molecule has 1 aromatic carbocycles. The van der Waals surface area contributed by atoms with Crippen LogP contribution in [0.2, 0.25) is 0 Å². The summed E-state index contributed by atoms with van der Waals surface area (Å²) in [5, 5.41) is 20.4. The molecule has 1 unspecified atom stereocenters. The van der Waals surface area contributed by atoms with Crippen molar-refractivity contribution in [2.24, 2.45) is 0 Å². The van der Waals surface area contributed by atoms with Crippen molar-refractivity contribution in [1.82, 2.24) is 15.5 Å². The van der Waals surface area contributed by atoms with Crippen molar-refractivity contribution in [3.05, 3.63) is 41.3 Å². The predicted octanol–water partition coefficient (Wildman–Crippen LogP) is 3.29. The van der Waals surface area contributed by atoms with Gasteiger partial charge in [-0.3, -0.25) is 0 Å². The average Bonchev–Trinajstić information content (AvgIpc) is 3.14. The molecule has 9 heteroatoms. The van der Waals surface area contributed by atoms with Crippen LogP contribution < -0.4 is 10.2 Å². The number of aliphatic hydroxyl groups excluding tert-OH is 1. The SMILES string of the molecule is OCCC(NCc1nnc(N2CCCCC2)o1)c1cccc(C(F)(F)F)c1. The summed E-state index contributed by atoms with van der Waals surface area (Å²) in [5.41, 5.74) is -0.260. The third-order valence-electron chi connectivity index (χ3n) is 4.62. The first-order valence-electron chi connectivity index (χ1n) is 9.06. The first kappa shape index (κ1) is 19.6. The number of hydrogen-bond acceptors (Lipinski definition) is 6. The molecule has 1 saturated heterocycles. The zero-order valence-electron chi connectivity index (χ0n) is 14.9. The van der Waals surface area contributed by atoms with E-state index in [1.807, 2.05) is 4.90 Å². The normalized spacial score (nSPS) is 16.5. The summed E-state index contributed by atoms with van der Waals surface area (Å²) >= 11 is 0. The van der Waals surface area contributed by atoms with Crippen molar-refractivity contribution in [2.45, 2.75) is 44.4 Å². The first-order valence-corrected chi connectivity index (χ1v) is 9.06. The van der Waals surface area contributed by atoms with E-state index in [9.17, 15) is 18.3 Å². The highest BCUT2D eigenvalue weighted by atomic mass is 19.4. The summed E-state index contributed by atoms with van der Waals surface area (Å²) in [5.74, 6) is 0.366. The maximum atomic E-state index is 12.9. The molecule has 2 aromatic rings. The van der Waals surface area contributed by atoms with E-state index in [0.29, 0.717) is 17.5 Å². The number of aliphatic hydroxyl groups is 1. The molecular weight excluding hydrogens is 361 g/mol. The fraction of sp³-hybridized carbons (Fsp3) is 0.556. The molecule has 0 radical (unpaired) electrons. The molecule has 1 aromatic heterocycles. The zero-order valence-corrected chi connectivity index (χ0v) is 14.9. The van der Waals surface area contributed by atoms with Gasteiger partial charge in [-0.1, -0.05) is 17.2 Å². The van der Waals surface area contributed by atoms with Gasteiger partial charge < -0.3 is 19.7 Å². The van der Waals surface area contributed by atoms with Crippen LogP contribution in [0, 0.1) is 0 Å². The van der Waals surface area contributed by atoms with Gasteiger partial charge >= 0.3 is 12.2 Å². The minimum absolute atomic E-state index is 0.156. The summed E-state index contributed by atoms with van der Waals surface area (Å²) in [6.45, 7) is 1.82. The predicted molar refractivity (Wildman–Crippen MR) is 93.1 cm³/mol. The highest BCUT2D eigenvalue weighted by molar-refractivity contribution is 5.28. The van der Waals surface area contributed by atoms with E-state index < -0.39 is 17.8 Å². The Morgan fingerprint density at radius 1 is 1.19 bits per heavy atom. The lowest BCUT2D eigenvalue weighted by atomic mass is 10.0. The number of nitrogens with one attached hydrogen (secondary N) is 1. The Morgan fingerprint density at radius 2 is 1.96 bits per heavy atom. The second kappa shape index (κ2) is 8.71. The topological polar surface area (TPSA) is 74.4 Å². The standard InChI is InChI=1S/C18H23F3N4O2/c19-18(20,21)14-6-4-5-13(11-14)15(7-10-26)22-12-16-23-24-17(27-16)25-8-2-1-3-9-25/h4-6,11,15,22,26H,1-3,7-10,12H2. The Balaban J connectivity index is 1.66. The number of benzene rings is 1. The van der Waals surface area contributed by atoms with Gasteiger partial charge in [-0.2, -0.15) is 13.2 Å². The molecule has 1 aliphatic heterocycles. The minimum atomic E-state index is -4.41. The minimum Gasteiger partial charge on any atom is -0.407 e. The summed E-state index contributed by atoms with van der Waals surface area (Å²) < 4.78 is 44.5. The van der Waals surface area contributed by atoms with Gasteiger partial charge in [-0.15, -0.1) is 5.10 Å². The van der Waals surface area contributed by atoms with E-state index in [2.05, 4.69) is 15.5 Å². The first-order chi connectivity index (χ1) is 13.0. The number of piperidine rings is 1. The summed E-state index contributed by atoms with van der Waals surface area (Å²) in [6, 6.07) is 5.12. The van der Waals surface area contributed by atoms with Crippen molar-refractivity contribution in [3.8, 4) is 0 Å². The van der Waals surface area contributed by atoms with E-state index in [0.717, 1.165) is 38.1 Å². The van der Waals surface area contributed by atoms with Gasteiger partial charge in [0.1, 0.15) is 0 Å². The largest absolute Gasteiger partial charge is 0.416 e. The van der Waals surface area contributed by atoms with Crippen LogP contribution in [0.5, 0.6) is 0 Å². The van der Waals surface area contributed by atoms with E-state index in [1.54, 1.807) is 6.07 Å². The van der Waals surface area contributed by atoms with Crippen LogP contribution in [0.15, 0.2) is 28.7 Å². The number of halogens is 3. The fourth-order valence-electron chi connectivity index (χ4n) is 3.19. The van der Waals surface area contributed by atoms with E-state index in [4.69, 9.17) is 4.42 Å². The van der Waals surface area contributed by atoms with E-state index >= 15 is 0 Å². The molecule has 1 atom stereocenters. The fourth-order valence-corrected chi connectivity index (χ4v) is 3.19. The third kappa shape index (κ3) is 5.20. The Labute approximate surface area is 155 Å². The summed E-state index contributed by atoms with van der Waals surface area (Å²) in [7, 11) is 0. The van der Waals surface area contributed by atoms with Crippen LogP contribution in [0.1, 0.15) is 48.7 Å². The number of aromatic nitrogens is 2. The second-order valence-electron chi connectivity index (χ2n) is 6.60. The Bertz CT molecular complexity index is 729. The lowest BCUT2D eigenvalue weighted by Crippen LogP contribution is -2.29. The smallest absolute Gasteiger partial charge is 0.407 e. The zero-order chi connectivity index (χ0) is 19.3. The monoisotopic (exact) mass is 384 g/mol. The molecule has 2 heterocycles. The quantitative estimate of drug-likeness (QED) is 0.763. The number of anilines is 1. The van der Waals surface area contributed by atoms with Gasteiger partial charge in [0.25, 0.3) is 0 Å². The molecule has 0 bridgehead atoms. The van der Waals surface area contributed by atoms with Crippen LogP contribution in [0.3, 0.4) is 0 Å². The molecule has 3 rings (SSSR count). The number of hydrogen-bond donors (Lipinski definition) is 2. The van der Waals surface area contributed by atoms with Gasteiger partial charge in [0, 0.05) is 25.7 Å². The van der Waals surface area contributed by atoms with Crippen LogP contribution in [-0.2, 0) is 12.7 Å². The van der Waals surface area contributed by atoms with Gasteiger partial charge in [0.15, 0.2) is 0 Å². The summed E-state index contributed by atoms with van der Waals surface area (Å²) in [4.78, 5) is 2.04. The summed E-state index contributed by atoms with van der Waals surface area (Å²) in [6.07, 6.45) is -0.767.